The fraction of sp³-hybridized carbons (Fsp3) is 0.350. The number of alkyl halides is 6. The highest BCUT2D eigenvalue weighted by molar-refractivity contribution is 7.16. The van der Waals surface area contributed by atoms with Crippen LogP contribution >= 0.6 is 11.3 Å². The zero-order valence-electron chi connectivity index (χ0n) is 17.4. The van der Waals surface area contributed by atoms with Crippen molar-refractivity contribution in [3.8, 4) is 0 Å². The first-order valence-corrected chi connectivity index (χ1v) is 10.00. The molecule has 2 aromatic rings. The maximum atomic E-state index is 12.9. The number of aryl methyl sites for hydroxylation is 1. The number of hydrogen-bond donors (Lipinski definition) is 1. The monoisotopic (exact) mass is 497 g/mol. The third kappa shape index (κ3) is 6.46. The molecule has 0 fully saturated rings. The first-order chi connectivity index (χ1) is 15.1. The molecule has 180 valence electrons. The van der Waals surface area contributed by atoms with E-state index in [1.807, 2.05) is 0 Å². The highest BCUT2D eigenvalue weighted by Crippen LogP contribution is 2.36. The Hall–Kier alpha value is -3.09. The van der Waals surface area contributed by atoms with Gasteiger partial charge in [-0.15, -0.1) is 11.3 Å². The molecule has 6 nitrogen and oxygen atoms in total. The Labute approximate surface area is 187 Å². The summed E-state index contributed by atoms with van der Waals surface area (Å²) in [5, 5.41) is 2.43. The number of halogens is 6. The van der Waals surface area contributed by atoms with Crippen molar-refractivity contribution in [2.75, 3.05) is 18.5 Å². The third-order valence-corrected chi connectivity index (χ3v) is 5.40. The second-order valence-electron chi connectivity index (χ2n) is 6.63. The number of amides is 1. The van der Waals surface area contributed by atoms with Gasteiger partial charge >= 0.3 is 24.3 Å². The average molecular weight is 497 g/mol. The molecule has 0 radical (unpaired) electrons. The van der Waals surface area contributed by atoms with E-state index in [1.165, 1.54) is 0 Å². The Morgan fingerprint density at radius 3 is 1.94 bits per heavy atom. The van der Waals surface area contributed by atoms with E-state index < -0.39 is 53.5 Å². The highest BCUT2D eigenvalue weighted by Gasteiger charge is 2.37. The zero-order chi connectivity index (χ0) is 25.1. The zero-order valence-corrected chi connectivity index (χ0v) is 18.2. The van der Waals surface area contributed by atoms with Gasteiger partial charge in [0.1, 0.15) is 5.00 Å². The molecule has 1 heterocycles. The lowest BCUT2D eigenvalue weighted by molar-refractivity contribution is -0.143. The summed E-state index contributed by atoms with van der Waals surface area (Å²) >= 11 is 1.04. The van der Waals surface area contributed by atoms with Gasteiger partial charge in [0, 0.05) is 4.88 Å². The summed E-state index contributed by atoms with van der Waals surface area (Å²) in [6.45, 7) is 3.95. The van der Waals surface area contributed by atoms with Gasteiger partial charge in [-0.05, 0) is 44.5 Å². The van der Waals surface area contributed by atoms with Crippen LogP contribution in [0.5, 0.6) is 0 Å². The average Bonchev–Trinajstić information content (AvgIpc) is 2.97. The fourth-order valence-electron chi connectivity index (χ4n) is 2.61. The Balaban J connectivity index is 2.18. The van der Waals surface area contributed by atoms with Crippen LogP contribution in [0.1, 0.15) is 49.2 Å². The van der Waals surface area contributed by atoms with Gasteiger partial charge in [-0.25, -0.2) is 9.59 Å². The van der Waals surface area contributed by atoms with E-state index in [4.69, 9.17) is 4.74 Å². The second-order valence-corrected chi connectivity index (χ2v) is 7.85. The summed E-state index contributed by atoms with van der Waals surface area (Å²) in [5.41, 5.74) is -3.78. The molecule has 0 unspecified atom stereocenters. The normalized spacial score (nSPS) is 11.8. The Kier molecular flexibility index (Phi) is 7.78. The Morgan fingerprint density at radius 2 is 1.45 bits per heavy atom. The molecule has 13 heteroatoms. The van der Waals surface area contributed by atoms with Crippen molar-refractivity contribution in [1.82, 2.24) is 0 Å². The van der Waals surface area contributed by atoms with Crippen LogP contribution in [-0.2, 0) is 26.6 Å². The quantitative estimate of drug-likeness (QED) is 0.429. The first kappa shape index (κ1) is 26.2. The number of esters is 2. The molecule has 0 atom stereocenters. The standard InChI is InChI=1S/C20H17F6NO5S/c1-4-31-18(30)15-9(2)10(3)33-16(15)27-14(28)8-32-17(29)11-5-12(19(21,22)23)7-13(6-11)20(24,25)26/h5-7H,4,8H2,1-3H3,(H,27,28). The molecule has 1 N–H and O–H groups in total. The second kappa shape index (κ2) is 9.81. The van der Waals surface area contributed by atoms with Crippen LogP contribution in [0.2, 0.25) is 0 Å². The SMILES string of the molecule is CCOC(=O)c1c(NC(=O)COC(=O)c2cc(C(F)(F)F)cc(C(F)(F)F)c2)sc(C)c1C. The van der Waals surface area contributed by atoms with Crippen molar-refractivity contribution < 1.29 is 50.2 Å². The Bertz CT molecular complexity index is 1040. The van der Waals surface area contributed by atoms with Gasteiger partial charge in [0.15, 0.2) is 6.61 Å². The van der Waals surface area contributed by atoms with E-state index in [2.05, 4.69) is 10.1 Å². The Morgan fingerprint density at radius 1 is 0.909 bits per heavy atom. The summed E-state index contributed by atoms with van der Waals surface area (Å²) in [7, 11) is 0. The van der Waals surface area contributed by atoms with Gasteiger partial charge in [0.2, 0.25) is 0 Å². The minimum atomic E-state index is -5.15. The maximum absolute atomic E-state index is 12.9. The number of ether oxygens (including phenoxy) is 2. The van der Waals surface area contributed by atoms with Gasteiger partial charge < -0.3 is 14.8 Å². The van der Waals surface area contributed by atoms with Gasteiger partial charge in [0.05, 0.1) is 28.9 Å². The lowest BCUT2D eigenvalue weighted by Gasteiger charge is -2.14. The summed E-state index contributed by atoms with van der Waals surface area (Å²) in [6, 6.07) is 0.252. The third-order valence-electron chi connectivity index (χ3n) is 4.28. The molecule has 2 rings (SSSR count). The molecule has 0 saturated carbocycles. The van der Waals surface area contributed by atoms with Gasteiger partial charge in [-0.3, -0.25) is 4.79 Å². The predicted octanol–water partition coefficient (Wildman–Crippen LogP) is 5.37. The largest absolute Gasteiger partial charge is 0.462 e. The van der Waals surface area contributed by atoms with Crippen LogP contribution < -0.4 is 5.32 Å². The van der Waals surface area contributed by atoms with Crippen LogP contribution in [0.4, 0.5) is 31.3 Å². The highest BCUT2D eigenvalue weighted by atomic mass is 32.1. The minimum absolute atomic E-state index is 0.0784. The van der Waals surface area contributed by atoms with Crippen LogP contribution in [-0.4, -0.2) is 31.1 Å². The van der Waals surface area contributed by atoms with Gasteiger partial charge in [0.25, 0.3) is 5.91 Å². The molecule has 1 amide bonds. The number of carbonyl (C=O) groups is 3. The van der Waals surface area contributed by atoms with Crippen molar-refractivity contribution >= 4 is 34.2 Å². The fourth-order valence-corrected chi connectivity index (χ4v) is 3.68. The lowest BCUT2D eigenvalue weighted by Crippen LogP contribution is -2.22. The summed E-state index contributed by atoms with van der Waals surface area (Å²) in [6.07, 6.45) is -10.3. The molecule has 0 spiro atoms. The minimum Gasteiger partial charge on any atom is -0.462 e. The number of benzene rings is 1. The predicted molar refractivity (Wildman–Crippen MR) is 105 cm³/mol. The van der Waals surface area contributed by atoms with Crippen molar-refractivity contribution in [2.24, 2.45) is 0 Å². The molecule has 0 aliphatic rings. The number of hydrogen-bond acceptors (Lipinski definition) is 6. The van der Waals surface area contributed by atoms with Gasteiger partial charge in [-0.1, -0.05) is 0 Å². The van der Waals surface area contributed by atoms with Crippen LogP contribution in [0.3, 0.4) is 0 Å². The molecule has 1 aromatic heterocycles. The van der Waals surface area contributed by atoms with Crippen LogP contribution in [0.25, 0.3) is 0 Å². The first-order valence-electron chi connectivity index (χ1n) is 9.18. The van der Waals surface area contributed by atoms with E-state index >= 15 is 0 Å². The van der Waals surface area contributed by atoms with Crippen molar-refractivity contribution in [2.45, 2.75) is 33.1 Å². The molecular weight excluding hydrogens is 480 g/mol. The van der Waals surface area contributed by atoms with E-state index in [9.17, 15) is 40.7 Å². The summed E-state index contributed by atoms with van der Waals surface area (Å²) in [4.78, 5) is 37.0. The number of anilines is 1. The molecule has 1 aromatic carbocycles. The smallest absolute Gasteiger partial charge is 0.416 e. The summed E-state index contributed by atoms with van der Waals surface area (Å²) < 4.78 is 87.1. The van der Waals surface area contributed by atoms with Crippen molar-refractivity contribution in [3.63, 3.8) is 0 Å². The van der Waals surface area contributed by atoms with E-state index in [0.29, 0.717) is 10.4 Å². The molecule has 0 aliphatic heterocycles. The number of nitrogens with one attached hydrogen (secondary N) is 1. The van der Waals surface area contributed by atoms with Gasteiger partial charge in [-0.2, -0.15) is 26.3 Å². The molecular formula is C20H17F6NO5S. The van der Waals surface area contributed by atoms with Crippen molar-refractivity contribution in [1.29, 1.82) is 0 Å². The number of thiophene rings is 1. The maximum Gasteiger partial charge on any atom is 0.416 e. The van der Waals surface area contributed by atoms with E-state index in [-0.39, 0.29) is 35.4 Å². The molecule has 33 heavy (non-hydrogen) atoms. The van der Waals surface area contributed by atoms with E-state index in [1.54, 1.807) is 20.8 Å². The van der Waals surface area contributed by atoms with E-state index in [0.717, 1.165) is 11.3 Å². The topological polar surface area (TPSA) is 81.7 Å². The summed E-state index contributed by atoms with van der Waals surface area (Å²) in [5.74, 6) is -3.22. The molecule has 0 aliphatic carbocycles. The number of rotatable bonds is 6. The molecule has 0 saturated heterocycles. The van der Waals surface area contributed by atoms with Crippen molar-refractivity contribution in [3.05, 3.63) is 50.9 Å². The number of carbonyl (C=O) groups excluding carboxylic acids is 3. The van der Waals surface area contributed by atoms with Crippen LogP contribution in [0.15, 0.2) is 18.2 Å². The van der Waals surface area contributed by atoms with Crippen LogP contribution in [0, 0.1) is 13.8 Å². The molecule has 0 bridgehead atoms. The lowest BCUT2D eigenvalue weighted by atomic mass is 10.0.